The molecule has 1 aliphatic heterocycles. The lowest BCUT2D eigenvalue weighted by Crippen LogP contribution is -2.40. The van der Waals surface area contributed by atoms with Crippen LogP contribution in [0.4, 0.5) is 0 Å². The van der Waals surface area contributed by atoms with E-state index in [4.69, 9.17) is 21.1 Å². The second kappa shape index (κ2) is 9.11. The maximum atomic E-state index is 10.4. The number of aliphatic hydroxyl groups excluding tert-OH is 2. The van der Waals surface area contributed by atoms with Crippen LogP contribution in [0.25, 0.3) is 33.5 Å². The minimum absolute atomic E-state index is 0.160. The standard InChI is InChI=1S/C25H24ClN3O4/c1-2-19(30)23-22(31)20(13-32-23)33-25-27-18-12-17(26)21(28-24(18)29-25)16-10-8-15(9-11-16)14-6-4-3-5-7-14/h3-12,19-20,22-23,30-31H,2,13H2,1H3,(H,27,28,29). The van der Waals surface area contributed by atoms with E-state index in [2.05, 4.69) is 27.1 Å². The van der Waals surface area contributed by atoms with Gasteiger partial charge in [-0.3, -0.25) is 0 Å². The third-order valence-electron chi connectivity index (χ3n) is 5.90. The van der Waals surface area contributed by atoms with Crippen LogP contribution in [-0.2, 0) is 4.74 Å². The van der Waals surface area contributed by atoms with E-state index in [0.717, 1.165) is 16.7 Å². The Labute approximate surface area is 196 Å². The van der Waals surface area contributed by atoms with Gasteiger partial charge in [0, 0.05) is 5.56 Å². The van der Waals surface area contributed by atoms with Gasteiger partial charge in [0.25, 0.3) is 6.01 Å². The molecule has 4 atom stereocenters. The molecule has 1 aliphatic rings. The van der Waals surface area contributed by atoms with Gasteiger partial charge >= 0.3 is 0 Å². The topological polar surface area (TPSA) is 100 Å². The fourth-order valence-corrected chi connectivity index (χ4v) is 4.30. The van der Waals surface area contributed by atoms with Crippen LogP contribution in [0, 0.1) is 0 Å². The molecule has 8 heteroatoms. The first-order valence-corrected chi connectivity index (χ1v) is 11.3. The SMILES string of the molecule is CCC(O)C1OCC(Oc2nc3nc(-c4ccc(-c5ccccc5)cc4)c(Cl)cc3[nH]2)C1O. The van der Waals surface area contributed by atoms with Gasteiger partial charge in [0.2, 0.25) is 0 Å². The Morgan fingerprint density at radius 1 is 1.09 bits per heavy atom. The molecular weight excluding hydrogens is 442 g/mol. The molecule has 0 amide bonds. The van der Waals surface area contributed by atoms with Gasteiger partial charge in [-0.25, -0.2) is 4.98 Å². The summed E-state index contributed by atoms with van der Waals surface area (Å²) in [6.45, 7) is 1.99. The minimum Gasteiger partial charge on any atom is -0.456 e. The monoisotopic (exact) mass is 465 g/mol. The Bertz CT molecular complexity index is 1250. The second-order valence-corrected chi connectivity index (χ2v) is 8.50. The van der Waals surface area contributed by atoms with Gasteiger partial charge in [-0.2, -0.15) is 4.98 Å². The first-order chi connectivity index (χ1) is 16.0. The zero-order valence-electron chi connectivity index (χ0n) is 18.0. The maximum Gasteiger partial charge on any atom is 0.296 e. The molecule has 1 saturated heterocycles. The summed E-state index contributed by atoms with van der Waals surface area (Å²) in [6.07, 6.45) is -2.54. The van der Waals surface area contributed by atoms with Gasteiger partial charge in [0.15, 0.2) is 11.8 Å². The number of nitrogens with zero attached hydrogens (tertiary/aromatic N) is 2. The summed E-state index contributed by atoms with van der Waals surface area (Å²) in [4.78, 5) is 12.1. The van der Waals surface area contributed by atoms with Crippen molar-refractivity contribution in [3.05, 3.63) is 65.7 Å². The first-order valence-electron chi connectivity index (χ1n) is 10.9. The van der Waals surface area contributed by atoms with Crippen molar-refractivity contribution >= 4 is 22.8 Å². The molecule has 4 aromatic rings. The summed E-state index contributed by atoms with van der Waals surface area (Å²) >= 11 is 6.53. The number of H-pyrrole nitrogens is 1. The van der Waals surface area contributed by atoms with Gasteiger partial charge in [-0.05, 0) is 23.6 Å². The molecular formula is C25H24ClN3O4. The van der Waals surface area contributed by atoms with Crippen LogP contribution < -0.4 is 4.74 Å². The molecule has 2 aromatic carbocycles. The third kappa shape index (κ3) is 4.32. The number of imidazole rings is 1. The summed E-state index contributed by atoms with van der Waals surface area (Å²) in [5, 5.41) is 20.9. The Hall–Kier alpha value is -2.97. The van der Waals surface area contributed by atoms with Crippen LogP contribution in [0.1, 0.15) is 13.3 Å². The van der Waals surface area contributed by atoms with Crippen LogP contribution in [0.5, 0.6) is 6.01 Å². The smallest absolute Gasteiger partial charge is 0.296 e. The van der Waals surface area contributed by atoms with Crippen molar-refractivity contribution in [3.63, 3.8) is 0 Å². The summed E-state index contributed by atoms with van der Waals surface area (Å²) in [5.41, 5.74) is 4.82. The predicted octanol–water partition coefficient (Wildman–Crippen LogP) is 4.22. The van der Waals surface area contributed by atoms with E-state index in [1.165, 1.54) is 0 Å². The number of aliphatic hydroxyl groups is 2. The van der Waals surface area contributed by atoms with Crippen LogP contribution in [0.2, 0.25) is 5.02 Å². The van der Waals surface area contributed by atoms with Gasteiger partial charge in [0.05, 0.1) is 28.9 Å². The van der Waals surface area contributed by atoms with Crippen molar-refractivity contribution in [2.24, 2.45) is 0 Å². The molecule has 0 aliphatic carbocycles. The average molecular weight is 466 g/mol. The van der Waals surface area contributed by atoms with Crippen LogP contribution in [0.3, 0.4) is 0 Å². The van der Waals surface area contributed by atoms with Crippen molar-refractivity contribution in [2.75, 3.05) is 6.61 Å². The van der Waals surface area contributed by atoms with E-state index < -0.39 is 24.4 Å². The predicted molar refractivity (Wildman–Crippen MR) is 126 cm³/mol. The van der Waals surface area contributed by atoms with Gasteiger partial charge in [0.1, 0.15) is 12.2 Å². The number of hydrogen-bond donors (Lipinski definition) is 3. The zero-order valence-corrected chi connectivity index (χ0v) is 18.7. The molecule has 3 heterocycles. The molecule has 5 rings (SSSR count). The van der Waals surface area contributed by atoms with Crippen molar-refractivity contribution in [1.29, 1.82) is 0 Å². The number of aromatic amines is 1. The number of aromatic nitrogens is 3. The van der Waals surface area contributed by atoms with E-state index >= 15 is 0 Å². The molecule has 0 bridgehead atoms. The fraction of sp³-hybridized carbons (Fsp3) is 0.280. The highest BCUT2D eigenvalue weighted by atomic mass is 35.5. The lowest BCUT2D eigenvalue weighted by Gasteiger charge is -2.20. The van der Waals surface area contributed by atoms with E-state index in [9.17, 15) is 10.2 Å². The summed E-state index contributed by atoms with van der Waals surface area (Å²) in [5.74, 6) is 0. The average Bonchev–Trinajstić information content (AvgIpc) is 3.41. The number of hydrogen-bond acceptors (Lipinski definition) is 6. The van der Waals surface area contributed by atoms with Crippen LogP contribution in [0.15, 0.2) is 60.7 Å². The molecule has 170 valence electrons. The molecule has 3 N–H and O–H groups in total. The summed E-state index contributed by atoms with van der Waals surface area (Å²) in [7, 11) is 0. The Morgan fingerprint density at radius 3 is 2.52 bits per heavy atom. The maximum absolute atomic E-state index is 10.4. The van der Waals surface area contributed by atoms with Crippen molar-refractivity contribution in [2.45, 2.75) is 37.8 Å². The van der Waals surface area contributed by atoms with E-state index in [0.29, 0.717) is 28.3 Å². The highest BCUT2D eigenvalue weighted by molar-refractivity contribution is 6.33. The number of rotatable bonds is 6. The summed E-state index contributed by atoms with van der Waals surface area (Å²) < 4.78 is 11.3. The normalized spacial score (nSPS) is 21.4. The van der Waals surface area contributed by atoms with Crippen molar-refractivity contribution in [1.82, 2.24) is 15.0 Å². The number of pyridine rings is 1. The molecule has 4 unspecified atom stereocenters. The minimum atomic E-state index is -0.955. The van der Waals surface area contributed by atoms with Crippen LogP contribution >= 0.6 is 11.6 Å². The largest absolute Gasteiger partial charge is 0.456 e. The molecule has 33 heavy (non-hydrogen) atoms. The number of halogens is 1. The van der Waals surface area contributed by atoms with E-state index in [1.54, 1.807) is 6.07 Å². The highest BCUT2D eigenvalue weighted by Gasteiger charge is 2.41. The molecule has 0 radical (unpaired) electrons. The number of nitrogens with one attached hydrogen (secondary N) is 1. The molecule has 7 nitrogen and oxygen atoms in total. The quantitative estimate of drug-likeness (QED) is 0.394. The summed E-state index contributed by atoms with van der Waals surface area (Å²) in [6, 6.07) is 20.2. The molecule has 0 saturated carbocycles. The Morgan fingerprint density at radius 2 is 1.79 bits per heavy atom. The Balaban J connectivity index is 1.37. The van der Waals surface area contributed by atoms with E-state index in [-0.39, 0.29) is 12.6 Å². The molecule has 2 aromatic heterocycles. The third-order valence-corrected chi connectivity index (χ3v) is 6.19. The van der Waals surface area contributed by atoms with Gasteiger partial charge in [-0.1, -0.05) is 73.1 Å². The number of fused-ring (bicyclic) bond motifs is 1. The van der Waals surface area contributed by atoms with Gasteiger partial charge < -0.3 is 24.7 Å². The lowest BCUT2D eigenvalue weighted by atomic mass is 10.0. The van der Waals surface area contributed by atoms with Crippen LogP contribution in [-0.4, -0.2) is 56.2 Å². The van der Waals surface area contributed by atoms with Gasteiger partial charge in [-0.15, -0.1) is 0 Å². The number of ether oxygens (including phenoxy) is 2. The zero-order chi connectivity index (χ0) is 22.9. The fourth-order valence-electron chi connectivity index (χ4n) is 4.04. The van der Waals surface area contributed by atoms with E-state index in [1.807, 2.05) is 49.4 Å². The first kappa shape index (κ1) is 21.9. The second-order valence-electron chi connectivity index (χ2n) is 8.10. The molecule has 0 spiro atoms. The molecule has 1 fully saturated rings. The number of benzene rings is 2. The van der Waals surface area contributed by atoms with Crippen molar-refractivity contribution < 1.29 is 19.7 Å². The Kier molecular flexibility index (Phi) is 6.03. The van der Waals surface area contributed by atoms with Crippen molar-refractivity contribution in [3.8, 4) is 28.4 Å². The highest BCUT2D eigenvalue weighted by Crippen LogP contribution is 2.31. The lowest BCUT2D eigenvalue weighted by molar-refractivity contribution is -0.0504.